The van der Waals surface area contributed by atoms with E-state index >= 15 is 0 Å². The van der Waals surface area contributed by atoms with Gasteiger partial charge in [-0.25, -0.2) is 0 Å². The van der Waals surface area contributed by atoms with Gasteiger partial charge < -0.3 is 9.64 Å². The predicted octanol–water partition coefficient (Wildman–Crippen LogP) is 2.59. The summed E-state index contributed by atoms with van der Waals surface area (Å²) in [7, 11) is 0. The van der Waals surface area contributed by atoms with Gasteiger partial charge in [-0.1, -0.05) is 12.8 Å². The van der Waals surface area contributed by atoms with E-state index in [9.17, 15) is 4.79 Å². The normalized spacial score (nSPS) is 17.8. The quantitative estimate of drug-likeness (QED) is 0.739. The number of hydrogen-bond acceptors (Lipinski definition) is 2. The van der Waals surface area contributed by atoms with Crippen molar-refractivity contribution in [2.45, 2.75) is 65.0 Å². The molecule has 0 aliphatic heterocycles. The standard InChI is InChI=1S/C13H25NO2/c1-5-14(11-8-6-7-9-11)12(15)10-16-13(2,3)4/h11H,5-10H2,1-4H3. The Morgan fingerprint density at radius 2 is 1.88 bits per heavy atom. The van der Waals surface area contributed by atoms with E-state index in [0.717, 1.165) is 19.4 Å². The van der Waals surface area contributed by atoms with E-state index < -0.39 is 0 Å². The van der Waals surface area contributed by atoms with Crippen molar-refractivity contribution >= 4 is 5.91 Å². The van der Waals surface area contributed by atoms with Crippen LogP contribution >= 0.6 is 0 Å². The molecule has 0 radical (unpaired) electrons. The van der Waals surface area contributed by atoms with Crippen molar-refractivity contribution in [3.63, 3.8) is 0 Å². The smallest absolute Gasteiger partial charge is 0.248 e. The van der Waals surface area contributed by atoms with E-state index in [4.69, 9.17) is 4.74 Å². The number of amides is 1. The Morgan fingerprint density at radius 3 is 2.31 bits per heavy atom. The van der Waals surface area contributed by atoms with Gasteiger partial charge in [0, 0.05) is 12.6 Å². The zero-order chi connectivity index (χ0) is 12.2. The van der Waals surface area contributed by atoms with Gasteiger partial charge in [0.05, 0.1) is 5.60 Å². The van der Waals surface area contributed by atoms with Crippen LogP contribution in [0, 0.1) is 0 Å². The Kier molecular flexibility index (Phi) is 4.78. The maximum Gasteiger partial charge on any atom is 0.248 e. The molecule has 0 bridgehead atoms. The van der Waals surface area contributed by atoms with Crippen LogP contribution in [0.15, 0.2) is 0 Å². The summed E-state index contributed by atoms with van der Waals surface area (Å²) in [5.41, 5.74) is -0.231. The average molecular weight is 227 g/mol. The Bertz CT molecular complexity index is 227. The highest BCUT2D eigenvalue weighted by molar-refractivity contribution is 5.77. The van der Waals surface area contributed by atoms with E-state index in [1.807, 2.05) is 32.6 Å². The van der Waals surface area contributed by atoms with Crippen LogP contribution in [0.2, 0.25) is 0 Å². The van der Waals surface area contributed by atoms with Crippen LogP contribution in [-0.4, -0.2) is 35.6 Å². The average Bonchev–Trinajstić information content (AvgIpc) is 2.68. The van der Waals surface area contributed by atoms with Crippen molar-refractivity contribution in [3.8, 4) is 0 Å². The molecule has 0 aromatic heterocycles. The fourth-order valence-electron chi connectivity index (χ4n) is 2.22. The molecule has 1 aliphatic rings. The van der Waals surface area contributed by atoms with Gasteiger partial charge >= 0.3 is 0 Å². The second-order valence-electron chi connectivity index (χ2n) is 5.52. The van der Waals surface area contributed by atoms with E-state index in [1.54, 1.807) is 0 Å². The van der Waals surface area contributed by atoms with Gasteiger partial charge in [-0.3, -0.25) is 4.79 Å². The summed E-state index contributed by atoms with van der Waals surface area (Å²) in [6, 6.07) is 0.459. The van der Waals surface area contributed by atoms with Crippen molar-refractivity contribution in [1.82, 2.24) is 4.90 Å². The molecule has 0 aromatic rings. The van der Waals surface area contributed by atoms with E-state index in [1.165, 1.54) is 12.8 Å². The van der Waals surface area contributed by atoms with Crippen LogP contribution in [0.3, 0.4) is 0 Å². The summed E-state index contributed by atoms with van der Waals surface area (Å²) in [6.07, 6.45) is 4.84. The monoisotopic (exact) mass is 227 g/mol. The van der Waals surface area contributed by atoms with Crippen molar-refractivity contribution in [2.24, 2.45) is 0 Å². The second kappa shape index (κ2) is 5.67. The first kappa shape index (κ1) is 13.5. The van der Waals surface area contributed by atoms with Gasteiger partial charge in [0.2, 0.25) is 5.91 Å². The van der Waals surface area contributed by atoms with Gasteiger partial charge in [0.25, 0.3) is 0 Å². The van der Waals surface area contributed by atoms with Crippen molar-refractivity contribution in [1.29, 1.82) is 0 Å². The van der Waals surface area contributed by atoms with Crippen molar-refractivity contribution in [3.05, 3.63) is 0 Å². The topological polar surface area (TPSA) is 29.5 Å². The number of rotatable bonds is 4. The van der Waals surface area contributed by atoms with Gasteiger partial charge in [-0.05, 0) is 40.5 Å². The molecule has 1 saturated carbocycles. The predicted molar refractivity (Wildman–Crippen MR) is 65.3 cm³/mol. The number of nitrogens with zero attached hydrogens (tertiary/aromatic N) is 1. The summed E-state index contributed by atoms with van der Waals surface area (Å²) in [5.74, 6) is 0.143. The molecule has 1 amide bonds. The number of hydrogen-bond donors (Lipinski definition) is 0. The number of likely N-dealkylation sites (N-methyl/N-ethyl adjacent to an activating group) is 1. The first-order valence-electron chi connectivity index (χ1n) is 6.37. The first-order chi connectivity index (χ1) is 7.44. The second-order valence-corrected chi connectivity index (χ2v) is 5.52. The summed E-state index contributed by atoms with van der Waals surface area (Å²) < 4.78 is 5.54. The highest BCUT2D eigenvalue weighted by Gasteiger charge is 2.26. The molecule has 0 aromatic carbocycles. The maximum atomic E-state index is 12.0. The Hall–Kier alpha value is -0.570. The molecule has 0 unspecified atom stereocenters. The molecular weight excluding hydrogens is 202 g/mol. The van der Waals surface area contributed by atoms with E-state index in [-0.39, 0.29) is 18.1 Å². The molecule has 0 N–H and O–H groups in total. The number of carbonyl (C=O) groups excluding carboxylic acids is 1. The van der Waals surface area contributed by atoms with Gasteiger partial charge in [-0.2, -0.15) is 0 Å². The highest BCUT2D eigenvalue weighted by Crippen LogP contribution is 2.23. The first-order valence-corrected chi connectivity index (χ1v) is 6.37. The molecule has 0 spiro atoms. The van der Waals surface area contributed by atoms with Crippen LogP contribution < -0.4 is 0 Å². The largest absolute Gasteiger partial charge is 0.366 e. The van der Waals surface area contributed by atoms with Crippen molar-refractivity contribution < 1.29 is 9.53 Å². The Labute approximate surface area is 99.1 Å². The third-order valence-electron chi connectivity index (χ3n) is 3.06. The van der Waals surface area contributed by atoms with Gasteiger partial charge in [0.1, 0.15) is 6.61 Å². The minimum Gasteiger partial charge on any atom is -0.366 e. The fourth-order valence-corrected chi connectivity index (χ4v) is 2.22. The summed E-state index contributed by atoms with van der Waals surface area (Å²) >= 11 is 0. The van der Waals surface area contributed by atoms with E-state index in [2.05, 4.69) is 0 Å². The lowest BCUT2D eigenvalue weighted by molar-refractivity contribution is -0.143. The molecule has 1 rings (SSSR count). The molecular formula is C13H25NO2. The molecule has 0 heterocycles. The minimum absolute atomic E-state index is 0.143. The molecule has 3 heteroatoms. The third kappa shape index (κ3) is 4.12. The lowest BCUT2D eigenvalue weighted by Gasteiger charge is -2.29. The lowest BCUT2D eigenvalue weighted by Crippen LogP contribution is -2.42. The van der Waals surface area contributed by atoms with Crippen LogP contribution in [0.5, 0.6) is 0 Å². The summed E-state index contributed by atoms with van der Waals surface area (Å²) in [6.45, 7) is 9.00. The third-order valence-corrected chi connectivity index (χ3v) is 3.06. The maximum absolute atomic E-state index is 12.0. The molecule has 1 fully saturated rings. The zero-order valence-electron chi connectivity index (χ0n) is 11.1. The van der Waals surface area contributed by atoms with Crippen LogP contribution in [-0.2, 0) is 9.53 Å². The molecule has 3 nitrogen and oxygen atoms in total. The fraction of sp³-hybridized carbons (Fsp3) is 0.923. The Balaban J connectivity index is 2.43. The highest BCUT2D eigenvalue weighted by atomic mass is 16.5. The van der Waals surface area contributed by atoms with Crippen LogP contribution in [0.1, 0.15) is 53.4 Å². The molecule has 0 atom stereocenters. The zero-order valence-corrected chi connectivity index (χ0v) is 11.1. The lowest BCUT2D eigenvalue weighted by atomic mass is 10.2. The Morgan fingerprint density at radius 1 is 1.31 bits per heavy atom. The van der Waals surface area contributed by atoms with E-state index in [0.29, 0.717) is 6.04 Å². The van der Waals surface area contributed by atoms with Crippen LogP contribution in [0.25, 0.3) is 0 Å². The summed E-state index contributed by atoms with van der Waals surface area (Å²) in [5, 5.41) is 0. The molecule has 16 heavy (non-hydrogen) atoms. The molecule has 1 aliphatic carbocycles. The van der Waals surface area contributed by atoms with Gasteiger partial charge in [0.15, 0.2) is 0 Å². The summed E-state index contributed by atoms with van der Waals surface area (Å²) in [4.78, 5) is 14.0. The van der Waals surface area contributed by atoms with Gasteiger partial charge in [-0.15, -0.1) is 0 Å². The van der Waals surface area contributed by atoms with Crippen molar-refractivity contribution in [2.75, 3.05) is 13.2 Å². The number of ether oxygens (including phenoxy) is 1. The minimum atomic E-state index is -0.231. The molecule has 94 valence electrons. The molecule has 0 saturated heterocycles. The SMILES string of the molecule is CCN(C(=O)COC(C)(C)C)C1CCCC1. The number of carbonyl (C=O) groups is 1. The van der Waals surface area contributed by atoms with Crippen LogP contribution in [0.4, 0.5) is 0 Å².